The molecule has 0 aliphatic heterocycles. The van der Waals surface area contributed by atoms with Crippen molar-refractivity contribution in [2.24, 2.45) is 4.99 Å². The van der Waals surface area contributed by atoms with Crippen molar-refractivity contribution in [2.45, 2.75) is 45.4 Å². The van der Waals surface area contributed by atoms with Crippen LogP contribution in [0.25, 0.3) is 0 Å². The Bertz CT molecular complexity index is 488. The van der Waals surface area contributed by atoms with E-state index in [1.807, 2.05) is 6.20 Å². The molecule has 6 nitrogen and oxygen atoms in total. The molecular formula is C16H28N4O2S. The molecule has 0 saturated heterocycles. The Hall–Kier alpha value is -1.63. The number of esters is 1. The first-order valence-corrected chi connectivity index (χ1v) is 8.90. The van der Waals surface area contributed by atoms with Gasteiger partial charge in [0.2, 0.25) is 0 Å². The summed E-state index contributed by atoms with van der Waals surface area (Å²) in [4.78, 5) is 20.8. The van der Waals surface area contributed by atoms with E-state index >= 15 is 0 Å². The fourth-order valence-electron chi connectivity index (χ4n) is 2.08. The van der Waals surface area contributed by atoms with E-state index in [0.717, 1.165) is 56.2 Å². The van der Waals surface area contributed by atoms with E-state index in [4.69, 9.17) is 0 Å². The van der Waals surface area contributed by atoms with Crippen LogP contribution < -0.4 is 10.6 Å². The standard InChI is InChI=1S/C16H28N4O2S/c1-13-12-20-14(23-13)9-11-19-16(17-2)18-10-7-5-4-6-8-15(21)22-3/h12H,4-11H2,1-3H3,(H2,17,18,19). The lowest BCUT2D eigenvalue weighted by atomic mass is 10.1. The molecule has 0 aliphatic rings. The molecule has 0 aliphatic carbocycles. The molecule has 0 bridgehead atoms. The van der Waals surface area contributed by atoms with Crippen LogP contribution in [0.2, 0.25) is 0 Å². The normalized spacial score (nSPS) is 11.3. The molecule has 0 unspecified atom stereocenters. The van der Waals surface area contributed by atoms with Gasteiger partial charge < -0.3 is 15.4 Å². The molecular weight excluding hydrogens is 312 g/mol. The van der Waals surface area contributed by atoms with Crippen molar-refractivity contribution in [3.05, 3.63) is 16.1 Å². The van der Waals surface area contributed by atoms with Crippen molar-refractivity contribution in [1.82, 2.24) is 15.6 Å². The summed E-state index contributed by atoms with van der Waals surface area (Å²) in [6.45, 7) is 3.78. The number of thiazole rings is 1. The third-order valence-corrected chi connectivity index (χ3v) is 4.32. The molecule has 1 aromatic rings. The zero-order chi connectivity index (χ0) is 16.9. The minimum absolute atomic E-state index is 0.122. The van der Waals surface area contributed by atoms with Gasteiger partial charge >= 0.3 is 5.97 Å². The third kappa shape index (κ3) is 9.18. The quantitative estimate of drug-likeness (QED) is 0.296. The number of unbranched alkanes of at least 4 members (excludes halogenated alkanes) is 3. The van der Waals surface area contributed by atoms with Gasteiger partial charge in [-0.2, -0.15) is 0 Å². The topological polar surface area (TPSA) is 75.6 Å². The maximum Gasteiger partial charge on any atom is 0.305 e. The minimum Gasteiger partial charge on any atom is -0.469 e. The Morgan fingerprint density at radius 1 is 1.26 bits per heavy atom. The van der Waals surface area contributed by atoms with Crippen molar-refractivity contribution < 1.29 is 9.53 Å². The molecule has 0 spiro atoms. The second-order valence-corrected chi connectivity index (χ2v) is 6.60. The monoisotopic (exact) mass is 340 g/mol. The zero-order valence-electron chi connectivity index (χ0n) is 14.4. The van der Waals surface area contributed by atoms with Crippen LogP contribution in [0.15, 0.2) is 11.2 Å². The van der Waals surface area contributed by atoms with Gasteiger partial charge in [0.15, 0.2) is 5.96 Å². The number of nitrogens with zero attached hydrogens (tertiary/aromatic N) is 2. The fraction of sp³-hybridized carbons (Fsp3) is 0.688. The number of aryl methyl sites for hydroxylation is 1. The molecule has 1 heterocycles. The fourth-order valence-corrected chi connectivity index (χ4v) is 2.87. The molecule has 1 aromatic heterocycles. The number of ether oxygens (including phenoxy) is 1. The summed E-state index contributed by atoms with van der Waals surface area (Å²) in [5.41, 5.74) is 0. The summed E-state index contributed by atoms with van der Waals surface area (Å²) in [6, 6.07) is 0. The summed E-state index contributed by atoms with van der Waals surface area (Å²) < 4.78 is 4.62. The van der Waals surface area contributed by atoms with Crippen molar-refractivity contribution >= 4 is 23.3 Å². The number of hydrogen-bond acceptors (Lipinski definition) is 5. The number of aromatic nitrogens is 1. The summed E-state index contributed by atoms with van der Waals surface area (Å²) >= 11 is 1.74. The highest BCUT2D eigenvalue weighted by Crippen LogP contribution is 2.10. The SMILES string of the molecule is CN=C(NCCCCCCC(=O)OC)NCCc1ncc(C)s1. The number of nitrogens with one attached hydrogen (secondary N) is 2. The van der Waals surface area contributed by atoms with Crippen LogP contribution >= 0.6 is 11.3 Å². The van der Waals surface area contributed by atoms with Crippen molar-refractivity contribution in [3.8, 4) is 0 Å². The Morgan fingerprint density at radius 3 is 2.65 bits per heavy atom. The van der Waals surface area contributed by atoms with Crippen molar-refractivity contribution in [1.29, 1.82) is 0 Å². The van der Waals surface area contributed by atoms with Crippen molar-refractivity contribution in [3.63, 3.8) is 0 Å². The van der Waals surface area contributed by atoms with Gasteiger partial charge in [0.1, 0.15) is 0 Å². The molecule has 0 saturated carbocycles. The van der Waals surface area contributed by atoms with E-state index in [1.165, 1.54) is 12.0 Å². The molecule has 1 rings (SSSR count). The molecule has 0 amide bonds. The number of rotatable bonds is 10. The Balaban J connectivity index is 2.02. The summed E-state index contributed by atoms with van der Waals surface area (Å²) in [6.07, 6.45) is 7.44. The Labute approximate surface area is 142 Å². The first-order chi connectivity index (χ1) is 11.2. The lowest BCUT2D eigenvalue weighted by molar-refractivity contribution is -0.140. The molecule has 130 valence electrons. The van der Waals surface area contributed by atoms with E-state index in [9.17, 15) is 4.79 Å². The van der Waals surface area contributed by atoms with Gasteiger partial charge in [0.05, 0.1) is 12.1 Å². The largest absolute Gasteiger partial charge is 0.469 e. The highest BCUT2D eigenvalue weighted by molar-refractivity contribution is 7.11. The molecule has 0 radical (unpaired) electrons. The van der Waals surface area contributed by atoms with Gasteiger partial charge in [-0.1, -0.05) is 12.8 Å². The van der Waals surface area contributed by atoms with Crippen LogP contribution in [0.3, 0.4) is 0 Å². The van der Waals surface area contributed by atoms with Gasteiger partial charge in [0.25, 0.3) is 0 Å². The average Bonchev–Trinajstić information content (AvgIpc) is 2.97. The van der Waals surface area contributed by atoms with Crippen molar-refractivity contribution in [2.75, 3.05) is 27.2 Å². The molecule has 2 N–H and O–H groups in total. The van der Waals surface area contributed by atoms with Crippen LogP contribution in [0, 0.1) is 6.92 Å². The van der Waals surface area contributed by atoms with E-state index in [0.29, 0.717) is 6.42 Å². The lowest BCUT2D eigenvalue weighted by Gasteiger charge is -2.11. The van der Waals surface area contributed by atoms with Crippen LogP contribution in [0.5, 0.6) is 0 Å². The second-order valence-electron chi connectivity index (χ2n) is 5.28. The predicted molar refractivity (Wildman–Crippen MR) is 95.0 cm³/mol. The van der Waals surface area contributed by atoms with E-state index < -0.39 is 0 Å². The lowest BCUT2D eigenvalue weighted by Crippen LogP contribution is -2.38. The Kier molecular flexibility index (Phi) is 10.0. The Morgan fingerprint density at radius 2 is 2.00 bits per heavy atom. The highest BCUT2D eigenvalue weighted by atomic mass is 32.1. The first kappa shape index (κ1) is 19.4. The molecule has 0 atom stereocenters. The molecule has 23 heavy (non-hydrogen) atoms. The molecule has 0 aromatic carbocycles. The van der Waals surface area contributed by atoms with E-state index in [2.05, 4.69) is 32.3 Å². The number of methoxy groups -OCH3 is 1. The maximum atomic E-state index is 11.0. The third-order valence-electron chi connectivity index (χ3n) is 3.35. The number of aliphatic imine (C=N–C) groups is 1. The second kappa shape index (κ2) is 11.9. The molecule has 7 heteroatoms. The average molecular weight is 340 g/mol. The molecule has 0 fully saturated rings. The maximum absolute atomic E-state index is 11.0. The van der Waals surface area contributed by atoms with Crippen LogP contribution in [-0.2, 0) is 16.0 Å². The van der Waals surface area contributed by atoms with Crippen LogP contribution in [0.1, 0.15) is 42.0 Å². The zero-order valence-corrected chi connectivity index (χ0v) is 15.2. The van der Waals surface area contributed by atoms with Gasteiger partial charge in [-0.3, -0.25) is 9.79 Å². The van der Waals surface area contributed by atoms with Gasteiger partial charge in [-0.05, 0) is 19.8 Å². The summed E-state index contributed by atoms with van der Waals surface area (Å²) in [7, 11) is 3.21. The minimum atomic E-state index is -0.122. The first-order valence-electron chi connectivity index (χ1n) is 8.08. The van der Waals surface area contributed by atoms with Crippen LogP contribution in [-0.4, -0.2) is 44.2 Å². The van der Waals surface area contributed by atoms with Gasteiger partial charge in [-0.15, -0.1) is 11.3 Å². The smallest absolute Gasteiger partial charge is 0.305 e. The number of guanidine groups is 1. The van der Waals surface area contributed by atoms with Crippen LogP contribution in [0.4, 0.5) is 0 Å². The summed E-state index contributed by atoms with van der Waals surface area (Å²) in [5.74, 6) is 0.705. The number of hydrogen-bond donors (Lipinski definition) is 2. The predicted octanol–water partition coefficient (Wildman–Crippen LogP) is 2.28. The number of carbonyl (C=O) groups is 1. The van der Waals surface area contributed by atoms with E-state index in [-0.39, 0.29) is 5.97 Å². The highest BCUT2D eigenvalue weighted by Gasteiger charge is 2.01. The van der Waals surface area contributed by atoms with Gasteiger partial charge in [-0.25, -0.2) is 4.98 Å². The number of carbonyl (C=O) groups excluding carboxylic acids is 1. The van der Waals surface area contributed by atoms with Gasteiger partial charge in [0, 0.05) is 44.1 Å². The summed E-state index contributed by atoms with van der Waals surface area (Å²) in [5, 5.41) is 7.75. The van der Waals surface area contributed by atoms with E-state index in [1.54, 1.807) is 18.4 Å².